The van der Waals surface area contributed by atoms with Crippen LogP contribution in [0.15, 0.2) is 84.9 Å². The lowest BCUT2D eigenvalue weighted by molar-refractivity contribution is -0.133. The fourth-order valence-corrected chi connectivity index (χ4v) is 2.99. The smallest absolute Gasteiger partial charge is 0.230 e. The Bertz CT molecular complexity index is 790. The summed E-state index contributed by atoms with van der Waals surface area (Å²) in [5.74, 6) is -0.592. The molecule has 0 aliphatic carbocycles. The third-order valence-electron chi connectivity index (χ3n) is 4.48. The second-order valence-corrected chi connectivity index (χ2v) is 6.44. The quantitative estimate of drug-likeness (QED) is 0.603. The maximum atomic E-state index is 13.2. The molecule has 0 aromatic heterocycles. The van der Waals surface area contributed by atoms with E-state index in [4.69, 9.17) is 0 Å². The molecular weight excluding hydrogens is 325 g/mol. The van der Waals surface area contributed by atoms with Crippen molar-refractivity contribution in [1.29, 1.82) is 0 Å². The Labute approximate surface area is 153 Å². The molecule has 3 heteroatoms. The summed E-state index contributed by atoms with van der Waals surface area (Å²) in [7, 11) is 0. The summed E-state index contributed by atoms with van der Waals surface area (Å²) >= 11 is 0. The third kappa shape index (κ3) is 4.57. The molecule has 0 N–H and O–H groups in total. The summed E-state index contributed by atoms with van der Waals surface area (Å²) < 4.78 is 13.2. The lowest BCUT2D eigenvalue weighted by Crippen LogP contribution is -2.33. The number of rotatable bonds is 6. The van der Waals surface area contributed by atoms with Crippen molar-refractivity contribution in [3.05, 3.63) is 107 Å². The zero-order valence-electron chi connectivity index (χ0n) is 14.8. The average Bonchev–Trinajstić information content (AvgIpc) is 2.68. The number of nitrogens with zero attached hydrogens (tertiary/aromatic N) is 1. The van der Waals surface area contributed by atoms with Crippen molar-refractivity contribution in [2.75, 3.05) is 0 Å². The molecule has 2 nitrogen and oxygen atoms in total. The van der Waals surface area contributed by atoms with Crippen LogP contribution in [0.5, 0.6) is 0 Å². The van der Waals surface area contributed by atoms with Crippen molar-refractivity contribution in [1.82, 2.24) is 4.90 Å². The van der Waals surface area contributed by atoms with Crippen molar-refractivity contribution in [2.45, 2.75) is 25.9 Å². The highest BCUT2D eigenvalue weighted by Gasteiger charge is 2.22. The second-order valence-electron chi connectivity index (χ2n) is 6.44. The van der Waals surface area contributed by atoms with E-state index in [1.165, 1.54) is 12.1 Å². The fourth-order valence-electron chi connectivity index (χ4n) is 2.99. The molecule has 1 atom stereocenters. The van der Waals surface area contributed by atoms with E-state index in [0.717, 1.165) is 16.7 Å². The van der Waals surface area contributed by atoms with Crippen molar-refractivity contribution in [2.24, 2.45) is 0 Å². The highest BCUT2D eigenvalue weighted by atomic mass is 19.1. The first kappa shape index (κ1) is 17.9. The molecule has 3 aromatic carbocycles. The predicted octanol–water partition coefficient (Wildman–Crippen LogP) is 5.16. The molecule has 1 unspecified atom stereocenters. The van der Waals surface area contributed by atoms with Crippen LogP contribution >= 0.6 is 0 Å². The molecule has 0 radical (unpaired) electrons. The van der Waals surface area contributed by atoms with Crippen LogP contribution in [0.1, 0.15) is 29.5 Å². The number of hydrogen-bond donors (Lipinski definition) is 0. The number of carbonyl (C=O) groups excluding carboxylic acids is 1. The first-order valence-corrected chi connectivity index (χ1v) is 8.75. The summed E-state index contributed by atoms with van der Waals surface area (Å²) in [4.78, 5) is 15.0. The first-order valence-electron chi connectivity index (χ1n) is 8.75. The van der Waals surface area contributed by atoms with Gasteiger partial charge < -0.3 is 4.90 Å². The number of hydrogen-bond acceptors (Lipinski definition) is 1. The Hall–Kier alpha value is -2.94. The summed E-state index contributed by atoms with van der Waals surface area (Å²) in [6.45, 7) is 2.96. The van der Waals surface area contributed by atoms with Gasteiger partial charge in [0.2, 0.25) is 5.91 Å². The number of halogens is 1. The Morgan fingerprint density at radius 3 is 1.73 bits per heavy atom. The van der Waals surface area contributed by atoms with Crippen LogP contribution in [0.2, 0.25) is 0 Å². The Morgan fingerprint density at radius 2 is 1.27 bits per heavy atom. The normalized spacial score (nSPS) is 11.8. The second kappa shape index (κ2) is 8.43. The van der Waals surface area contributed by atoms with Gasteiger partial charge in [0.1, 0.15) is 5.82 Å². The Kier molecular flexibility index (Phi) is 5.80. The van der Waals surface area contributed by atoms with E-state index >= 15 is 0 Å². The lowest BCUT2D eigenvalue weighted by Gasteiger charge is -2.26. The lowest BCUT2D eigenvalue weighted by atomic mass is 9.99. The van der Waals surface area contributed by atoms with Gasteiger partial charge in [0, 0.05) is 13.1 Å². The highest BCUT2D eigenvalue weighted by molar-refractivity contribution is 5.83. The Morgan fingerprint density at radius 1 is 0.808 bits per heavy atom. The van der Waals surface area contributed by atoms with Gasteiger partial charge in [0.25, 0.3) is 0 Å². The van der Waals surface area contributed by atoms with Crippen molar-refractivity contribution in [3.63, 3.8) is 0 Å². The minimum absolute atomic E-state index is 0.0318. The number of amides is 1. The van der Waals surface area contributed by atoms with E-state index in [2.05, 4.69) is 0 Å². The van der Waals surface area contributed by atoms with Crippen molar-refractivity contribution in [3.8, 4) is 0 Å². The van der Waals surface area contributed by atoms with Gasteiger partial charge in [-0.05, 0) is 35.7 Å². The van der Waals surface area contributed by atoms with E-state index in [0.29, 0.717) is 13.1 Å². The maximum Gasteiger partial charge on any atom is 0.230 e. The minimum atomic E-state index is -0.331. The first-order chi connectivity index (χ1) is 12.6. The van der Waals surface area contributed by atoms with Crippen LogP contribution in [0.25, 0.3) is 0 Å². The molecule has 3 rings (SSSR count). The number of benzene rings is 3. The molecule has 0 bridgehead atoms. The van der Waals surface area contributed by atoms with Crippen LogP contribution in [0.4, 0.5) is 4.39 Å². The van der Waals surface area contributed by atoms with E-state index < -0.39 is 0 Å². The molecule has 0 aliphatic rings. The van der Waals surface area contributed by atoms with Gasteiger partial charge in [-0.25, -0.2) is 4.39 Å². The van der Waals surface area contributed by atoms with Gasteiger partial charge >= 0.3 is 0 Å². The predicted molar refractivity (Wildman–Crippen MR) is 102 cm³/mol. The molecule has 3 aromatic rings. The molecule has 1 amide bonds. The molecule has 0 spiro atoms. The summed E-state index contributed by atoms with van der Waals surface area (Å²) in [5, 5.41) is 0. The van der Waals surface area contributed by atoms with E-state index in [9.17, 15) is 9.18 Å². The van der Waals surface area contributed by atoms with Crippen LogP contribution < -0.4 is 0 Å². The zero-order valence-corrected chi connectivity index (χ0v) is 14.8. The topological polar surface area (TPSA) is 20.3 Å². The van der Waals surface area contributed by atoms with Crippen molar-refractivity contribution >= 4 is 5.91 Å². The standard InChI is InChI=1S/C23H22FNO/c1-18(21-12-14-22(24)15-13-21)23(26)25(16-19-8-4-2-5-9-19)17-20-10-6-3-7-11-20/h2-15,18H,16-17H2,1H3. The molecule has 132 valence electrons. The fraction of sp³-hybridized carbons (Fsp3) is 0.174. The van der Waals surface area contributed by atoms with Gasteiger partial charge in [0.05, 0.1) is 5.92 Å². The summed E-state index contributed by atoms with van der Waals surface area (Å²) in [6.07, 6.45) is 0. The van der Waals surface area contributed by atoms with Crippen molar-refractivity contribution < 1.29 is 9.18 Å². The Balaban J connectivity index is 1.83. The highest BCUT2D eigenvalue weighted by Crippen LogP contribution is 2.21. The molecule has 0 saturated heterocycles. The van der Waals surface area contributed by atoms with E-state index in [-0.39, 0.29) is 17.6 Å². The molecule has 26 heavy (non-hydrogen) atoms. The summed E-state index contributed by atoms with van der Waals surface area (Å²) in [6, 6.07) is 26.1. The van der Waals surface area contributed by atoms with Gasteiger partial charge in [0.15, 0.2) is 0 Å². The van der Waals surface area contributed by atoms with Gasteiger partial charge in [-0.2, -0.15) is 0 Å². The molecule has 0 heterocycles. The van der Waals surface area contributed by atoms with Crippen LogP contribution in [-0.2, 0) is 17.9 Å². The van der Waals surface area contributed by atoms with E-state index in [1.54, 1.807) is 12.1 Å². The molecular formula is C23H22FNO. The van der Waals surface area contributed by atoms with Crippen LogP contribution in [0.3, 0.4) is 0 Å². The van der Waals surface area contributed by atoms with Gasteiger partial charge in [-0.15, -0.1) is 0 Å². The molecule has 0 aliphatic heterocycles. The minimum Gasteiger partial charge on any atom is -0.334 e. The third-order valence-corrected chi connectivity index (χ3v) is 4.48. The molecule has 0 saturated carbocycles. The average molecular weight is 347 g/mol. The zero-order chi connectivity index (χ0) is 18.4. The summed E-state index contributed by atoms with van der Waals surface area (Å²) in [5.41, 5.74) is 2.99. The van der Waals surface area contributed by atoms with Crippen LogP contribution in [-0.4, -0.2) is 10.8 Å². The largest absolute Gasteiger partial charge is 0.334 e. The molecule has 0 fully saturated rings. The number of carbonyl (C=O) groups is 1. The van der Waals surface area contributed by atoms with E-state index in [1.807, 2.05) is 72.5 Å². The SMILES string of the molecule is CC(C(=O)N(Cc1ccccc1)Cc1ccccc1)c1ccc(F)cc1. The maximum absolute atomic E-state index is 13.2. The van der Waals surface area contributed by atoms with Gasteiger partial charge in [-0.1, -0.05) is 72.8 Å². The monoisotopic (exact) mass is 347 g/mol. The van der Waals surface area contributed by atoms with Crippen LogP contribution in [0, 0.1) is 5.82 Å². The van der Waals surface area contributed by atoms with Gasteiger partial charge in [-0.3, -0.25) is 4.79 Å².